The van der Waals surface area contributed by atoms with E-state index in [-0.39, 0.29) is 4.75 Å². The average molecular weight is 289 g/mol. The van der Waals surface area contributed by atoms with Crippen LogP contribution in [-0.4, -0.2) is 57.5 Å². The van der Waals surface area contributed by atoms with Gasteiger partial charge in [-0.15, -0.1) is 0 Å². The van der Waals surface area contributed by atoms with Gasteiger partial charge < -0.3 is 21.1 Å². The van der Waals surface area contributed by atoms with Crippen LogP contribution in [0.25, 0.3) is 0 Å². The summed E-state index contributed by atoms with van der Waals surface area (Å²) >= 11 is 1.77. The summed E-state index contributed by atoms with van der Waals surface area (Å²) in [4.78, 5) is 35.2. The van der Waals surface area contributed by atoms with Crippen molar-refractivity contribution in [3.05, 3.63) is 0 Å². The van der Waals surface area contributed by atoms with Crippen molar-refractivity contribution in [1.82, 2.24) is 10.2 Å². The summed E-state index contributed by atoms with van der Waals surface area (Å²) < 4.78 is -0.0575. The third-order valence-corrected chi connectivity index (χ3v) is 4.01. The number of primary amides is 1. The van der Waals surface area contributed by atoms with E-state index in [1.165, 1.54) is 0 Å². The van der Waals surface area contributed by atoms with E-state index in [1.807, 2.05) is 13.8 Å². The highest BCUT2D eigenvalue weighted by atomic mass is 32.2. The van der Waals surface area contributed by atoms with Crippen LogP contribution < -0.4 is 11.1 Å². The summed E-state index contributed by atoms with van der Waals surface area (Å²) in [5.41, 5.74) is 4.96. The van der Waals surface area contributed by atoms with E-state index >= 15 is 0 Å². The first-order valence-electron chi connectivity index (χ1n) is 5.92. The molecule has 1 fully saturated rings. The van der Waals surface area contributed by atoms with Crippen LogP contribution >= 0.6 is 11.8 Å². The Bertz CT molecular complexity index is 386. The zero-order valence-electron chi connectivity index (χ0n) is 11.0. The maximum atomic E-state index is 12.0. The van der Waals surface area contributed by atoms with Gasteiger partial charge in [0.15, 0.2) is 0 Å². The molecule has 108 valence electrons. The van der Waals surface area contributed by atoms with Gasteiger partial charge in [0.05, 0.1) is 6.42 Å². The van der Waals surface area contributed by atoms with Crippen LogP contribution in [0.15, 0.2) is 0 Å². The maximum Gasteiger partial charge on any atom is 0.326 e. The third-order valence-electron chi connectivity index (χ3n) is 2.71. The Labute approximate surface area is 115 Å². The molecule has 1 aliphatic rings. The molecule has 0 saturated carbocycles. The highest BCUT2D eigenvalue weighted by Crippen LogP contribution is 2.29. The minimum Gasteiger partial charge on any atom is -0.480 e. The number of carbonyl (C=O) groups is 3. The molecule has 0 bridgehead atoms. The summed E-state index contributed by atoms with van der Waals surface area (Å²) in [5, 5.41) is 11.3. The summed E-state index contributed by atoms with van der Waals surface area (Å²) in [7, 11) is 0. The lowest BCUT2D eigenvalue weighted by Crippen LogP contribution is -2.54. The van der Waals surface area contributed by atoms with Crippen molar-refractivity contribution in [2.45, 2.75) is 31.1 Å². The number of carbonyl (C=O) groups excluding carboxylic acids is 2. The molecule has 3 amide bonds. The fourth-order valence-electron chi connectivity index (χ4n) is 1.83. The third kappa shape index (κ3) is 4.98. The van der Waals surface area contributed by atoms with Crippen LogP contribution in [0.3, 0.4) is 0 Å². The molecule has 1 saturated heterocycles. The summed E-state index contributed by atoms with van der Waals surface area (Å²) in [6, 6.07) is -1.75. The quantitative estimate of drug-likeness (QED) is 0.666. The van der Waals surface area contributed by atoms with Gasteiger partial charge in [-0.3, -0.25) is 4.79 Å². The largest absolute Gasteiger partial charge is 0.480 e. The number of thioether (sulfide) groups is 1. The lowest BCUT2D eigenvalue weighted by Gasteiger charge is -2.37. The van der Waals surface area contributed by atoms with Crippen molar-refractivity contribution in [2.75, 3.05) is 18.8 Å². The van der Waals surface area contributed by atoms with Crippen LogP contribution in [0.5, 0.6) is 0 Å². The Kier molecular flexibility index (Phi) is 5.04. The fraction of sp³-hybridized carbons (Fsp3) is 0.727. The zero-order chi connectivity index (χ0) is 14.6. The summed E-state index contributed by atoms with van der Waals surface area (Å²) in [6.07, 6.45) is -0.410. The van der Waals surface area contributed by atoms with E-state index in [2.05, 4.69) is 5.32 Å². The highest BCUT2D eigenvalue weighted by molar-refractivity contribution is 8.00. The summed E-state index contributed by atoms with van der Waals surface area (Å²) in [6.45, 7) is 5.14. The van der Waals surface area contributed by atoms with E-state index in [0.29, 0.717) is 13.1 Å². The minimum absolute atomic E-state index is 0.0575. The van der Waals surface area contributed by atoms with Crippen LogP contribution in [0.4, 0.5) is 4.79 Å². The van der Waals surface area contributed by atoms with E-state index in [0.717, 1.165) is 5.75 Å². The predicted molar refractivity (Wildman–Crippen MR) is 71.9 cm³/mol. The molecule has 1 heterocycles. The molecule has 0 aromatic heterocycles. The molecule has 0 spiro atoms. The Hall–Kier alpha value is -1.44. The number of urea groups is 1. The molecule has 0 unspecified atom stereocenters. The summed E-state index contributed by atoms with van der Waals surface area (Å²) in [5.74, 6) is -1.23. The Morgan fingerprint density at radius 1 is 1.47 bits per heavy atom. The van der Waals surface area contributed by atoms with Crippen molar-refractivity contribution in [3.8, 4) is 0 Å². The zero-order valence-corrected chi connectivity index (χ0v) is 11.8. The number of hydrogen-bond donors (Lipinski definition) is 3. The van der Waals surface area contributed by atoms with Crippen LogP contribution in [0, 0.1) is 0 Å². The molecule has 19 heavy (non-hydrogen) atoms. The van der Waals surface area contributed by atoms with E-state index in [1.54, 1.807) is 16.7 Å². The van der Waals surface area contributed by atoms with Gasteiger partial charge in [-0.2, -0.15) is 11.8 Å². The smallest absolute Gasteiger partial charge is 0.326 e. The Morgan fingerprint density at radius 2 is 2.11 bits per heavy atom. The van der Waals surface area contributed by atoms with Crippen molar-refractivity contribution < 1.29 is 19.5 Å². The molecule has 1 atom stereocenters. The molecular weight excluding hydrogens is 270 g/mol. The topological polar surface area (TPSA) is 113 Å². The fourth-order valence-corrected chi connectivity index (χ4v) is 2.94. The lowest BCUT2D eigenvalue weighted by atomic mass is 10.2. The van der Waals surface area contributed by atoms with Crippen molar-refractivity contribution >= 4 is 29.7 Å². The molecule has 0 aromatic rings. The van der Waals surface area contributed by atoms with Gasteiger partial charge in [0.2, 0.25) is 5.91 Å². The number of nitrogens with zero attached hydrogens (tertiary/aromatic N) is 1. The standard InChI is InChI=1S/C11H19N3O4S/c1-11(2)6-14(3-4-19-11)10(18)13-7(9(16)17)5-8(12)15/h7H,3-6H2,1-2H3,(H2,12,15)(H,13,18)(H,16,17)/t7-/m0/s1. The van der Waals surface area contributed by atoms with Crippen molar-refractivity contribution in [1.29, 1.82) is 0 Å². The van der Waals surface area contributed by atoms with Crippen molar-refractivity contribution in [3.63, 3.8) is 0 Å². The monoisotopic (exact) mass is 289 g/mol. The number of hydrogen-bond acceptors (Lipinski definition) is 4. The van der Waals surface area contributed by atoms with Gasteiger partial charge in [-0.25, -0.2) is 9.59 Å². The number of carboxylic acid groups (broad SMARTS) is 1. The van der Waals surface area contributed by atoms with Gasteiger partial charge >= 0.3 is 12.0 Å². The second-order valence-corrected chi connectivity index (χ2v) is 6.84. The number of carboxylic acids is 1. The molecule has 0 aliphatic carbocycles. The minimum atomic E-state index is -1.28. The maximum absolute atomic E-state index is 12.0. The van der Waals surface area contributed by atoms with E-state index in [9.17, 15) is 14.4 Å². The Balaban J connectivity index is 2.61. The second-order valence-electron chi connectivity index (χ2n) is 5.04. The molecule has 7 nitrogen and oxygen atoms in total. The van der Waals surface area contributed by atoms with Gasteiger partial charge in [-0.05, 0) is 13.8 Å². The second kappa shape index (κ2) is 6.14. The molecule has 1 aliphatic heterocycles. The SMILES string of the molecule is CC1(C)CN(C(=O)N[C@@H](CC(N)=O)C(=O)O)CCS1. The average Bonchev–Trinajstić information content (AvgIpc) is 2.25. The van der Waals surface area contributed by atoms with Gasteiger partial charge in [-0.1, -0.05) is 0 Å². The number of aliphatic carboxylic acids is 1. The van der Waals surface area contributed by atoms with Crippen molar-refractivity contribution in [2.24, 2.45) is 5.73 Å². The molecule has 4 N–H and O–H groups in total. The predicted octanol–water partition coefficient (Wildman–Crippen LogP) is -0.148. The van der Waals surface area contributed by atoms with E-state index in [4.69, 9.17) is 10.8 Å². The molecular formula is C11H19N3O4S. The van der Waals surface area contributed by atoms with Gasteiger partial charge in [0, 0.05) is 23.6 Å². The first-order valence-corrected chi connectivity index (χ1v) is 6.90. The first-order chi connectivity index (χ1) is 8.71. The first kappa shape index (κ1) is 15.6. The van der Waals surface area contributed by atoms with Gasteiger partial charge in [0.1, 0.15) is 6.04 Å². The lowest BCUT2D eigenvalue weighted by molar-refractivity contribution is -0.140. The van der Waals surface area contributed by atoms with Crippen LogP contribution in [0.2, 0.25) is 0 Å². The number of nitrogens with two attached hydrogens (primary N) is 1. The number of nitrogens with one attached hydrogen (secondary N) is 1. The normalized spacial score (nSPS) is 19.6. The Morgan fingerprint density at radius 3 is 2.58 bits per heavy atom. The highest BCUT2D eigenvalue weighted by Gasteiger charge is 2.31. The van der Waals surface area contributed by atoms with Crippen LogP contribution in [0.1, 0.15) is 20.3 Å². The number of amides is 3. The number of rotatable bonds is 4. The molecule has 1 rings (SSSR count). The van der Waals surface area contributed by atoms with Gasteiger partial charge in [0.25, 0.3) is 0 Å². The van der Waals surface area contributed by atoms with Crippen LogP contribution in [-0.2, 0) is 9.59 Å². The molecule has 8 heteroatoms. The molecule has 0 aromatic carbocycles. The van der Waals surface area contributed by atoms with E-state index < -0.39 is 30.4 Å². The molecule has 0 radical (unpaired) electrons.